The molecule has 0 aromatic carbocycles. The maximum atomic E-state index is 10.5. The standard InChI is InChI=1S/C8H9NO2S2/c10-7(11)5-8(12,13)6-3-1-2-4-9-6/h1-4,12-13H,5H2,(H,10,11). The van der Waals surface area contributed by atoms with Crippen LogP contribution < -0.4 is 0 Å². The molecule has 0 amide bonds. The average molecular weight is 215 g/mol. The Bertz CT molecular complexity index is 300. The summed E-state index contributed by atoms with van der Waals surface area (Å²) >= 11 is 8.27. The summed E-state index contributed by atoms with van der Waals surface area (Å²) in [6, 6.07) is 5.22. The van der Waals surface area contributed by atoms with Gasteiger partial charge in [-0.2, -0.15) is 25.3 Å². The fourth-order valence-corrected chi connectivity index (χ4v) is 1.44. The van der Waals surface area contributed by atoms with Crippen LogP contribution in [0.25, 0.3) is 0 Å². The highest BCUT2D eigenvalue weighted by atomic mass is 32.2. The molecule has 0 aliphatic heterocycles. The third kappa shape index (κ3) is 2.93. The Morgan fingerprint density at radius 1 is 1.54 bits per heavy atom. The van der Waals surface area contributed by atoms with E-state index in [0.29, 0.717) is 5.69 Å². The van der Waals surface area contributed by atoms with Crippen molar-refractivity contribution in [2.75, 3.05) is 0 Å². The highest BCUT2D eigenvalue weighted by molar-refractivity contribution is 7.99. The zero-order chi connectivity index (χ0) is 9.90. The molecule has 0 aliphatic carbocycles. The molecule has 13 heavy (non-hydrogen) atoms. The van der Waals surface area contributed by atoms with Crippen LogP contribution in [-0.4, -0.2) is 16.1 Å². The number of carboxylic acids is 1. The minimum atomic E-state index is -1.01. The number of hydrogen-bond donors (Lipinski definition) is 3. The van der Waals surface area contributed by atoms with Crippen molar-refractivity contribution < 1.29 is 9.90 Å². The lowest BCUT2D eigenvalue weighted by atomic mass is 10.2. The largest absolute Gasteiger partial charge is 0.481 e. The maximum absolute atomic E-state index is 10.5. The number of pyridine rings is 1. The van der Waals surface area contributed by atoms with Gasteiger partial charge in [0.15, 0.2) is 0 Å². The molecule has 3 nitrogen and oxygen atoms in total. The number of aliphatic carboxylic acids is 1. The van der Waals surface area contributed by atoms with Crippen molar-refractivity contribution in [3.63, 3.8) is 0 Å². The van der Waals surface area contributed by atoms with Gasteiger partial charge in [-0.15, -0.1) is 0 Å². The van der Waals surface area contributed by atoms with Gasteiger partial charge in [-0.1, -0.05) is 6.07 Å². The molecule has 5 heteroatoms. The van der Waals surface area contributed by atoms with Crippen molar-refractivity contribution >= 4 is 31.2 Å². The van der Waals surface area contributed by atoms with Gasteiger partial charge in [0.2, 0.25) is 0 Å². The SMILES string of the molecule is O=C(O)CC(S)(S)c1ccccn1. The zero-order valence-corrected chi connectivity index (χ0v) is 8.50. The molecule has 1 rings (SSSR count). The van der Waals surface area contributed by atoms with Crippen LogP contribution in [0.15, 0.2) is 24.4 Å². The summed E-state index contributed by atoms with van der Waals surface area (Å²) in [7, 11) is 0. The highest BCUT2D eigenvalue weighted by Crippen LogP contribution is 2.34. The van der Waals surface area contributed by atoms with Crippen molar-refractivity contribution in [1.82, 2.24) is 4.98 Å². The second-order valence-electron chi connectivity index (χ2n) is 2.60. The van der Waals surface area contributed by atoms with E-state index in [1.54, 1.807) is 24.4 Å². The summed E-state index contributed by atoms with van der Waals surface area (Å²) in [4.78, 5) is 14.5. The monoisotopic (exact) mass is 215 g/mol. The molecule has 70 valence electrons. The summed E-state index contributed by atoms with van der Waals surface area (Å²) in [6.45, 7) is 0. The van der Waals surface area contributed by atoms with Gasteiger partial charge in [-0.25, -0.2) is 0 Å². The Morgan fingerprint density at radius 2 is 2.23 bits per heavy atom. The normalized spacial score (nSPS) is 11.2. The van der Waals surface area contributed by atoms with Gasteiger partial charge >= 0.3 is 5.97 Å². The van der Waals surface area contributed by atoms with Crippen molar-refractivity contribution in [3.05, 3.63) is 30.1 Å². The lowest BCUT2D eigenvalue weighted by Gasteiger charge is -2.18. The van der Waals surface area contributed by atoms with E-state index in [1.807, 2.05) is 0 Å². The van der Waals surface area contributed by atoms with Crippen LogP contribution in [0, 0.1) is 0 Å². The van der Waals surface area contributed by atoms with E-state index in [-0.39, 0.29) is 6.42 Å². The smallest absolute Gasteiger partial charge is 0.306 e. The summed E-state index contributed by atoms with van der Waals surface area (Å²) in [5.74, 6) is -0.948. The minimum absolute atomic E-state index is 0.170. The molecule has 1 aromatic heterocycles. The van der Waals surface area contributed by atoms with E-state index in [4.69, 9.17) is 5.11 Å². The van der Waals surface area contributed by atoms with Crippen LogP contribution in [0.4, 0.5) is 0 Å². The molecule has 0 spiro atoms. The summed E-state index contributed by atoms with van der Waals surface area (Å²) in [6.07, 6.45) is 1.41. The van der Waals surface area contributed by atoms with Crippen LogP contribution in [0.1, 0.15) is 12.1 Å². The van der Waals surface area contributed by atoms with Crippen molar-refractivity contribution in [1.29, 1.82) is 0 Å². The predicted molar refractivity (Wildman–Crippen MR) is 56.1 cm³/mol. The molecular weight excluding hydrogens is 206 g/mol. The number of nitrogens with zero attached hydrogens (tertiary/aromatic N) is 1. The quantitative estimate of drug-likeness (QED) is 0.530. The van der Waals surface area contributed by atoms with Crippen molar-refractivity contribution in [2.24, 2.45) is 0 Å². The maximum Gasteiger partial charge on any atom is 0.306 e. The molecule has 0 unspecified atom stereocenters. The summed E-state index contributed by atoms with van der Waals surface area (Å²) < 4.78 is -1.01. The lowest BCUT2D eigenvalue weighted by Crippen LogP contribution is -2.17. The molecule has 1 aromatic rings. The Kier molecular flexibility index (Phi) is 3.22. The Hall–Kier alpha value is -0.680. The molecule has 0 saturated heterocycles. The topological polar surface area (TPSA) is 50.2 Å². The number of carbonyl (C=O) groups is 1. The van der Waals surface area contributed by atoms with Gasteiger partial charge < -0.3 is 5.11 Å². The van der Waals surface area contributed by atoms with E-state index in [0.717, 1.165) is 0 Å². The molecule has 0 atom stereocenters. The number of rotatable bonds is 3. The Labute approximate surface area is 87.0 Å². The third-order valence-corrected chi connectivity index (χ3v) is 2.25. The molecule has 1 N–H and O–H groups in total. The summed E-state index contributed by atoms with van der Waals surface area (Å²) in [5, 5.41) is 8.58. The highest BCUT2D eigenvalue weighted by Gasteiger charge is 2.27. The van der Waals surface area contributed by atoms with Crippen molar-refractivity contribution in [3.8, 4) is 0 Å². The third-order valence-electron chi connectivity index (χ3n) is 1.47. The van der Waals surface area contributed by atoms with Gasteiger partial charge in [0.1, 0.15) is 4.08 Å². The molecular formula is C8H9NO2S2. The first-order chi connectivity index (χ1) is 6.02. The fraction of sp³-hybridized carbons (Fsp3) is 0.250. The van der Waals surface area contributed by atoms with Crippen LogP contribution in [0.3, 0.4) is 0 Å². The second-order valence-corrected chi connectivity index (χ2v) is 4.48. The minimum Gasteiger partial charge on any atom is -0.481 e. The fourth-order valence-electron chi connectivity index (χ4n) is 0.901. The van der Waals surface area contributed by atoms with Gasteiger partial charge in [0, 0.05) is 6.20 Å². The van der Waals surface area contributed by atoms with Gasteiger partial charge in [-0.3, -0.25) is 9.78 Å². The molecule has 1 heterocycles. The first-order valence-electron chi connectivity index (χ1n) is 3.60. The van der Waals surface area contributed by atoms with Gasteiger partial charge in [-0.05, 0) is 12.1 Å². The molecule has 0 saturated carbocycles. The van der Waals surface area contributed by atoms with Crippen LogP contribution in [0.2, 0.25) is 0 Å². The van der Waals surface area contributed by atoms with E-state index in [9.17, 15) is 4.79 Å². The first-order valence-corrected chi connectivity index (χ1v) is 4.50. The number of aromatic nitrogens is 1. The van der Waals surface area contributed by atoms with Crippen LogP contribution in [0.5, 0.6) is 0 Å². The van der Waals surface area contributed by atoms with Gasteiger partial charge in [0.05, 0.1) is 12.1 Å². The van der Waals surface area contributed by atoms with Crippen LogP contribution >= 0.6 is 25.3 Å². The molecule has 0 fully saturated rings. The predicted octanol–water partition coefficient (Wildman–Crippen LogP) is 1.57. The van der Waals surface area contributed by atoms with Crippen LogP contribution in [-0.2, 0) is 8.87 Å². The first kappa shape index (κ1) is 10.4. The Morgan fingerprint density at radius 3 is 2.69 bits per heavy atom. The van der Waals surface area contributed by atoms with E-state index < -0.39 is 10.0 Å². The van der Waals surface area contributed by atoms with E-state index in [1.165, 1.54) is 0 Å². The Balaban J connectivity index is 2.87. The summed E-state index contributed by atoms with van der Waals surface area (Å²) in [5.41, 5.74) is 0.545. The number of thiol groups is 2. The van der Waals surface area contributed by atoms with E-state index in [2.05, 4.69) is 30.2 Å². The van der Waals surface area contributed by atoms with E-state index >= 15 is 0 Å². The van der Waals surface area contributed by atoms with Gasteiger partial charge in [0.25, 0.3) is 0 Å². The molecule has 0 bridgehead atoms. The van der Waals surface area contributed by atoms with Crippen molar-refractivity contribution in [2.45, 2.75) is 10.5 Å². The molecule has 0 aliphatic rings. The number of hydrogen-bond acceptors (Lipinski definition) is 4. The zero-order valence-electron chi connectivity index (χ0n) is 6.71. The molecule has 0 radical (unpaired) electrons. The second kappa shape index (κ2) is 4.02. The lowest BCUT2D eigenvalue weighted by molar-refractivity contribution is -0.137. The average Bonchev–Trinajstić information content (AvgIpc) is 2.04. The number of carboxylic acid groups (broad SMARTS) is 1.